The van der Waals surface area contributed by atoms with E-state index in [2.05, 4.69) is 142 Å². The van der Waals surface area contributed by atoms with Gasteiger partial charge in [-0.3, -0.25) is 32.5 Å². The first-order valence-corrected chi connectivity index (χ1v) is 46.8. The van der Waals surface area contributed by atoms with E-state index >= 15 is 0 Å². The molecular formula is C91H160O16P2. The second kappa shape index (κ2) is 83.4. The van der Waals surface area contributed by atoms with E-state index in [4.69, 9.17) is 32.3 Å². The summed E-state index contributed by atoms with van der Waals surface area (Å²) < 4.78 is 61.3. The molecule has 0 heterocycles. The van der Waals surface area contributed by atoms with Crippen molar-refractivity contribution in [3.8, 4) is 0 Å². The number of phosphoric acid groups is 2. The predicted molar refractivity (Wildman–Crippen MR) is 454 cm³/mol. The Bertz CT molecular complexity index is 2460. The lowest BCUT2D eigenvalue weighted by Crippen LogP contribution is -2.30. The van der Waals surface area contributed by atoms with Gasteiger partial charge < -0.3 is 34.2 Å². The molecule has 0 saturated carbocycles. The molecule has 0 saturated heterocycles. The Balaban J connectivity index is 4.50. The van der Waals surface area contributed by atoms with Crippen molar-refractivity contribution in [1.82, 2.24) is 0 Å². The summed E-state index contributed by atoms with van der Waals surface area (Å²) in [6.45, 7) is 2.58. The summed E-state index contributed by atoms with van der Waals surface area (Å²) in [7, 11) is -9.80. The monoisotopic (exact) mass is 1570 g/mol. The third-order valence-corrected chi connectivity index (χ3v) is 20.5. The van der Waals surface area contributed by atoms with E-state index in [-0.39, 0.29) is 19.3 Å². The van der Waals surface area contributed by atoms with Gasteiger partial charge in [0, 0.05) is 19.3 Å². The molecule has 0 aromatic carbocycles. The number of allylic oxidation sites excluding steroid dienone is 20. The molecule has 0 aromatic rings. The normalized spacial score (nSPS) is 14.4. The van der Waals surface area contributed by atoms with Gasteiger partial charge in [-0.25, -0.2) is 9.13 Å². The van der Waals surface area contributed by atoms with Crippen molar-refractivity contribution in [3.63, 3.8) is 0 Å². The lowest BCUT2D eigenvalue weighted by Gasteiger charge is -2.21. The van der Waals surface area contributed by atoms with E-state index in [1.165, 1.54) is 180 Å². The van der Waals surface area contributed by atoms with Gasteiger partial charge in [0.25, 0.3) is 0 Å². The standard InChI is InChI=1S/C91H160O16P2/c1-4-7-10-13-16-19-22-25-28-30-32-34-36-38-40-42-44-46-48-50-52-54-57-59-62-65-68-71-74-77-89(94)101-80-86(92)81-103-108(97,98)104-82-87(93)83-105-109(99,100)106-85-88(107-91(96)79-76-73-70-67-64-61-56-27-24-21-18-15-12-9-6-3)84-102-90(95)78-75-72-69-66-63-60-58-55-53-51-49-47-45-43-41-39-37-35-33-31-29-26-23-20-17-14-11-8-5-2/h7,10,16-17,19-20,25-29,32-35,38-41,56,86-88,92-93H,4-6,8-9,11-15,18,21-24,30-31,36-37,42-55,57-85H2,1-3H3,(H,97,98)(H,99,100)/b10-7-,19-16-,20-17-,28-25-,29-26-,34-32-,35-33-,40-38-,41-39-,56-27-. The molecule has 0 aliphatic heterocycles. The minimum absolute atomic E-state index is 0.0952. The highest BCUT2D eigenvalue weighted by Crippen LogP contribution is 2.45. The summed E-state index contributed by atoms with van der Waals surface area (Å²) in [6.07, 6.45) is 101. The van der Waals surface area contributed by atoms with E-state index in [1.54, 1.807) is 0 Å². The molecule has 109 heavy (non-hydrogen) atoms. The van der Waals surface area contributed by atoms with Gasteiger partial charge in [0.05, 0.1) is 26.4 Å². The third kappa shape index (κ3) is 84.7. The zero-order chi connectivity index (χ0) is 79.4. The summed E-state index contributed by atoms with van der Waals surface area (Å²) in [5, 5.41) is 20.7. The second-order valence-electron chi connectivity index (χ2n) is 29.3. The lowest BCUT2D eigenvalue weighted by molar-refractivity contribution is -0.161. The Morgan fingerprint density at radius 3 is 0.798 bits per heavy atom. The minimum atomic E-state index is -4.94. The maximum atomic E-state index is 13.0. The van der Waals surface area contributed by atoms with Crippen LogP contribution in [0, 0.1) is 0 Å². The van der Waals surface area contributed by atoms with Crippen molar-refractivity contribution in [2.24, 2.45) is 0 Å². The molecule has 630 valence electrons. The molecule has 5 unspecified atom stereocenters. The highest BCUT2D eigenvalue weighted by atomic mass is 31.2. The molecule has 0 fully saturated rings. The van der Waals surface area contributed by atoms with Crippen LogP contribution in [-0.4, -0.2) is 95.9 Å². The van der Waals surface area contributed by atoms with Crippen molar-refractivity contribution in [2.45, 2.75) is 399 Å². The van der Waals surface area contributed by atoms with Crippen LogP contribution in [0.4, 0.5) is 0 Å². The number of hydrogen-bond donors (Lipinski definition) is 4. The maximum Gasteiger partial charge on any atom is 0.472 e. The van der Waals surface area contributed by atoms with E-state index in [0.29, 0.717) is 19.3 Å². The number of aliphatic hydroxyl groups is 2. The van der Waals surface area contributed by atoms with E-state index in [0.717, 1.165) is 141 Å². The predicted octanol–water partition coefficient (Wildman–Crippen LogP) is 26.4. The zero-order valence-corrected chi connectivity index (χ0v) is 71.0. The summed E-state index contributed by atoms with van der Waals surface area (Å²) in [5.74, 6) is -1.57. The van der Waals surface area contributed by atoms with Gasteiger partial charge in [0.15, 0.2) is 6.10 Å². The van der Waals surface area contributed by atoms with Gasteiger partial charge in [0.1, 0.15) is 25.4 Å². The SMILES string of the molecule is CC/C=C\C/C=C\C/C=C\C/C=C\C/C=C\CCCCCCCCCCCCCCCC(=O)OCC(O)COP(=O)(O)OCC(O)COP(=O)(O)OCC(COC(=O)CCCCCCCCCCCCCCC/C=C\C/C=C\C/C=C\C/C=C\CCCCC)OC(=O)CCCCCCC/C=C\CCCCCCCC. The van der Waals surface area contributed by atoms with Gasteiger partial charge in [0.2, 0.25) is 0 Å². The first-order valence-electron chi connectivity index (χ1n) is 43.8. The Hall–Kier alpha value is -4.05. The number of carbonyl (C=O) groups is 3. The van der Waals surface area contributed by atoms with Crippen molar-refractivity contribution < 1.29 is 75.8 Å². The number of rotatable bonds is 83. The molecule has 16 nitrogen and oxygen atoms in total. The number of ether oxygens (including phenoxy) is 3. The fourth-order valence-corrected chi connectivity index (χ4v) is 13.6. The Labute approximate surface area is 665 Å². The van der Waals surface area contributed by atoms with E-state index in [9.17, 15) is 43.5 Å². The van der Waals surface area contributed by atoms with E-state index < -0.39 is 91.5 Å². The van der Waals surface area contributed by atoms with Crippen molar-refractivity contribution >= 4 is 33.6 Å². The van der Waals surface area contributed by atoms with Gasteiger partial charge in [-0.1, -0.05) is 348 Å². The van der Waals surface area contributed by atoms with Gasteiger partial charge in [-0.2, -0.15) is 0 Å². The average Bonchev–Trinajstić information content (AvgIpc) is 0.903. The largest absolute Gasteiger partial charge is 0.472 e. The van der Waals surface area contributed by atoms with Crippen molar-refractivity contribution in [2.75, 3.05) is 39.6 Å². The average molecular weight is 1570 g/mol. The number of unbranched alkanes of at least 4 members (excludes halogenated alkanes) is 40. The van der Waals surface area contributed by atoms with Crippen LogP contribution < -0.4 is 0 Å². The highest BCUT2D eigenvalue weighted by Gasteiger charge is 2.29. The third-order valence-electron chi connectivity index (χ3n) is 18.6. The quantitative estimate of drug-likeness (QED) is 0.0146. The summed E-state index contributed by atoms with van der Waals surface area (Å²) in [5.41, 5.74) is 0. The maximum absolute atomic E-state index is 13.0. The van der Waals surface area contributed by atoms with Gasteiger partial charge in [-0.15, -0.1) is 0 Å². The van der Waals surface area contributed by atoms with Gasteiger partial charge in [-0.05, 0) is 135 Å². The summed E-state index contributed by atoms with van der Waals surface area (Å²) in [4.78, 5) is 58.8. The number of esters is 3. The summed E-state index contributed by atoms with van der Waals surface area (Å²) in [6, 6.07) is 0. The first-order chi connectivity index (χ1) is 53.2. The molecule has 0 spiro atoms. The molecule has 0 radical (unpaired) electrons. The molecule has 5 atom stereocenters. The zero-order valence-electron chi connectivity index (χ0n) is 69.2. The fourth-order valence-electron chi connectivity index (χ4n) is 12.0. The Kier molecular flexibility index (Phi) is 80.3. The van der Waals surface area contributed by atoms with Crippen molar-refractivity contribution in [3.05, 3.63) is 122 Å². The molecule has 18 heteroatoms. The van der Waals surface area contributed by atoms with Crippen LogP contribution in [0.2, 0.25) is 0 Å². The molecule has 0 bridgehead atoms. The van der Waals surface area contributed by atoms with Crippen LogP contribution in [0.5, 0.6) is 0 Å². The van der Waals surface area contributed by atoms with Crippen LogP contribution in [0.3, 0.4) is 0 Å². The number of phosphoric ester groups is 2. The smallest absolute Gasteiger partial charge is 0.463 e. The van der Waals surface area contributed by atoms with Crippen LogP contribution in [0.1, 0.15) is 380 Å². The highest BCUT2D eigenvalue weighted by molar-refractivity contribution is 7.47. The molecule has 0 aromatic heterocycles. The first kappa shape index (κ1) is 105. The Morgan fingerprint density at radius 1 is 0.266 bits per heavy atom. The molecular weight excluding hydrogens is 1410 g/mol. The molecule has 0 aliphatic rings. The van der Waals surface area contributed by atoms with Crippen LogP contribution in [0.25, 0.3) is 0 Å². The second-order valence-corrected chi connectivity index (χ2v) is 32.2. The molecule has 4 N–H and O–H groups in total. The van der Waals surface area contributed by atoms with Gasteiger partial charge >= 0.3 is 33.6 Å². The lowest BCUT2D eigenvalue weighted by atomic mass is 10.0. The number of aliphatic hydroxyl groups excluding tert-OH is 2. The topological polar surface area (TPSA) is 231 Å². The van der Waals surface area contributed by atoms with Crippen molar-refractivity contribution in [1.29, 1.82) is 0 Å². The summed E-state index contributed by atoms with van der Waals surface area (Å²) >= 11 is 0. The number of carbonyl (C=O) groups excluding carboxylic acids is 3. The molecule has 0 rings (SSSR count). The van der Waals surface area contributed by atoms with Crippen LogP contribution >= 0.6 is 15.6 Å². The Morgan fingerprint density at radius 2 is 0.486 bits per heavy atom. The fraction of sp³-hybridized carbons (Fsp3) is 0.747. The minimum Gasteiger partial charge on any atom is -0.463 e. The van der Waals surface area contributed by atoms with Crippen LogP contribution in [0.15, 0.2) is 122 Å². The van der Waals surface area contributed by atoms with Crippen LogP contribution in [-0.2, 0) is 55.8 Å². The number of hydrogen-bond acceptors (Lipinski definition) is 14. The van der Waals surface area contributed by atoms with E-state index in [1.807, 2.05) is 0 Å². The molecule has 0 amide bonds. The molecule has 0 aliphatic carbocycles.